The summed E-state index contributed by atoms with van der Waals surface area (Å²) in [6, 6.07) is 14.0. The number of aromatic amines is 1. The highest BCUT2D eigenvalue weighted by molar-refractivity contribution is 5.91. The molecule has 2 aromatic carbocycles. The first-order chi connectivity index (χ1) is 17.8. The number of likely N-dealkylation sites (tertiary alicyclic amines) is 2. The third-order valence-corrected chi connectivity index (χ3v) is 8.53. The van der Waals surface area contributed by atoms with Crippen LogP contribution in [0.25, 0.3) is 22.2 Å². The Morgan fingerprint density at radius 1 is 0.865 bits per heavy atom. The van der Waals surface area contributed by atoms with Crippen LogP contribution in [0, 0.1) is 12.3 Å². The second-order valence-corrected chi connectivity index (χ2v) is 12.4. The molecule has 0 unspecified atom stereocenters. The van der Waals surface area contributed by atoms with Crippen molar-refractivity contribution in [2.45, 2.75) is 65.3 Å². The molecule has 5 rings (SSSR count). The fraction of sp³-hybridized carbons (Fsp3) is 0.562. The number of hydrogen-bond acceptors (Lipinski definition) is 4. The molecular formula is C32H45N3O2. The van der Waals surface area contributed by atoms with Gasteiger partial charge in [0.25, 0.3) is 0 Å². The molecule has 0 radical (unpaired) electrons. The van der Waals surface area contributed by atoms with Crippen LogP contribution in [0.3, 0.4) is 0 Å². The van der Waals surface area contributed by atoms with Crippen LogP contribution in [0.4, 0.5) is 0 Å². The van der Waals surface area contributed by atoms with Gasteiger partial charge < -0.3 is 24.3 Å². The van der Waals surface area contributed by atoms with E-state index in [2.05, 4.69) is 72.8 Å². The van der Waals surface area contributed by atoms with E-state index >= 15 is 0 Å². The number of hydrogen-bond donors (Lipinski definition) is 1. The maximum Gasteiger partial charge on any atom is 0.161 e. The molecular weight excluding hydrogens is 458 g/mol. The molecule has 2 aliphatic heterocycles. The van der Waals surface area contributed by atoms with Crippen LogP contribution in [-0.2, 0) is 0 Å². The van der Waals surface area contributed by atoms with Gasteiger partial charge >= 0.3 is 0 Å². The van der Waals surface area contributed by atoms with Crippen molar-refractivity contribution in [1.29, 1.82) is 0 Å². The summed E-state index contributed by atoms with van der Waals surface area (Å²) < 4.78 is 11.0. The maximum absolute atomic E-state index is 5.54. The molecule has 0 amide bonds. The lowest BCUT2D eigenvalue weighted by Crippen LogP contribution is -2.48. The monoisotopic (exact) mass is 503 g/mol. The largest absolute Gasteiger partial charge is 0.493 e. The van der Waals surface area contributed by atoms with Crippen LogP contribution in [0.15, 0.2) is 36.4 Å². The van der Waals surface area contributed by atoms with E-state index in [1.807, 2.05) is 6.07 Å². The topological polar surface area (TPSA) is 40.7 Å². The summed E-state index contributed by atoms with van der Waals surface area (Å²) in [5.41, 5.74) is 6.66. The van der Waals surface area contributed by atoms with Gasteiger partial charge in [0.1, 0.15) is 0 Å². The van der Waals surface area contributed by atoms with Crippen LogP contribution >= 0.6 is 0 Å². The van der Waals surface area contributed by atoms with Gasteiger partial charge in [-0.3, -0.25) is 0 Å². The van der Waals surface area contributed by atoms with Gasteiger partial charge in [-0.1, -0.05) is 26.8 Å². The lowest BCUT2D eigenvalue weighted by molar-refractivity contribution is 0.0732. The van der Waals surface area contributed by atoms with E-state index in [-0.39, 0.29) is 0 Å². The zero-order valence-corrected chi connectivity index (χ0v) is 23.7. The van der Waals surface area contributed by atoms with Crippen LogP contribution < -0.4 is 9.47 Å². The number of aryl methyl sites for hydroxylation is 1. The van der Waals surface area contributed by atoms with E-state index in [0.717, 1.165) is 28.8 Å². The van der Waals surface area contributed by atoms with Gasteiger partial charge in [-0.15, -0.1) is 0 Å². The van der Waals surface area contributed by atoms with Crippen LogP contribution in [0.2, 0.25) is 0 Å². The normalized spacial score (nSPS) is 19.0. The summed E-state index contributed by atoms with van der Waals surface area (Å²) in [5.74, 6) is 2.16. The number of nitrogens with zero attached hydrogens (tertiary/aromatic N) is 2. The number of aromatic nitrogens is 1. The van der Waals surface area contributed by atoms with Gasteiger partial charge in [0.15, 0.2) is 11.5 Å². The van der Waals surface area contributed by atoms with E-state index in [1.54, 1.807) is 14.2 Å². The Balaban J connectivity index is 1.24. The molecule has 5 heteroatoms. The van der Waals surface area contributed by atoms with E-state index in [1.165, 1.54) is 80.4 Å². The van der Waals surface area contributed by atoms with Crippen molar-refractivity contribution in [2.24, 2.45) is 5.41 Å². The molecule has 0 spiro atoms. The average molecular weight is 504 g/mol. The Hall–Kier alpha value is -2.50. The lowest BCUT2D eigenvalue weighted by atomic mass is 9.87. The van der Waals surface area contributed by atoms with E-state index in [4.69, 9.17) is 9.47 Å². The van der Waals surface area contributed by atoms with Crippen LogP contribution in [0.5, 0.6) is 11.5 Å². The SMILES string of the molecule is COc1ccc(-c2[nH]c3ccc(C4CCN(C5CCN(CC(C)(C)C)CC5)CC4)cc3c2C)cc1OC. The van der Waals surface area contributed by atoms with Crippen molar-refractivity contribution in [2.75, 3.05) is 46.9 Å². The zero-order valence-electron chi connectivity index (χ0n) is 23.7. The number of H-pyrrole nitrogens is 1. The highest BCUT2D eigenvalue weighted by atomic mass is 16.5. The summed E-state index contributed by atoms with van der Waals surface area (Å²) in [6.07, 6.45) is 5.18. The third kappa shape index (κ3) is 5.68. The van der Waals surface area contributed by atoms with Crippen molar-refractivity contribution in [3.05, 3.63) is 47.5 Å². The molecule has 0 saturated carbocycles. The molecule has 3 heterocycles. The minimum Gasteiger partial charge on any atom is -0.493 e. The maximum atomic E-state index is 5.54. The van der Waals surface area contributed by atoms with Gasteiger partial charge in [0, 0.05) is 34.7 Å². The Labute approximate surface area is 223 Å². The minimum absolute atomic E-state index is 0.395. The highest BCUT2D eigenvalue weighted by Gasteiger charge is 2.30. The van der Waals surface area contributed by atoms with Crippen LogP contribution in [0.1, 0.15) is 63.5 Å². The smallest absolute Gasteiger partial charge is 0.161 e. The summed E-state index contributed by atoms with van der Waals surface area (Å²) in [5, 5.41) is 1.33. The number of ether oxygens (including phenoxy) is 2. The van der Waals surface area contributed by atoms with Crippen molar-refractivity contribution in [1.82, 2.24) is 14.8 Å². The molecule has 1 N–H and O–H groups in total. The molecule has 0 atom stereocenters. The van der Waals surface area contributed by atoms with Gasteiger partial charge in [0.2, 0.25) is 0 Å². The second-order valence-electron chi connectivity index (χ2n) is 12.4. The number of piperidine rings is 2. The molecule has 2 fully saturated rings. The van der Waals surface area contributed by atoms with Crippen molar-refractivity contribution in [3.8, 4) is 22.8 Å². The molecule has 3 aromatic rings. The Bertz CT molecular complexity index is 1210. The number of fused-ring (bicyclic) bond motifs is 1. The summed E-state index contributed by atoms with van der Waals surface area (Å²) >= 11 is 0. The molecule has 5 nitrogen and oxygen atoms in total. The Kier molecular flexibility index (Phi) is 7.56. The number of benzene rings is 2. The van der Waals surface area contributed by atoms with Gasteiger partial charge in [-0.05, 0) is 112 Å². The van der Waals surface area contributed by atoms with Gasteiger partial charge in [-0.2, -0.15) is 0 Å². The molecule has 0 bridgehead atoms. The third-order valence-electron chi connectivity index (χ3n) is 8.53. The zero-order chi connectivity index (χ0) is 26.2. The Morgan fingerprint density at radius 2 is 1.57 bits per heavy atom. The summed E-state index contributed by atoms with van der Waals surface area (Å²) in [6.45, 7) is 15.5. The first-order valence-corrected chi connectivity index (χ1v) is 14.1. The summed E-state index contributed by atoms with van der Waals surface area (Å²) in [4.78, 5) is 9.12. The Morgan fingerprint density at radius 3 is 2.22 bits per heavy atom. The fourth-order valence-corrected chi connectivity index (χ4v) is 6.59. The van der Waals surface area contributed by atoms with Crippen molar-refractivity contribution in [3.63, 3.8) is 0 Å². The number of nitrogens with one attached hydrogen (secondary N) is 1. The number of rotatable bonds is 6. The fourth-order valence-electron chi connectivity index (χ4n) is 6.59. The lowest BCUT2D eigenvalue weighted by Gasteiger charge is -2.43. The molecule has 200 valence electrons. The first kappa shape index (κ1) is 26.1. The van der Waals surface area contributed by atoms with Crippen LogP contribution in [-0.4, -0.2) is 67.8 Å². The average Bonchev–Trinajstić information content (AvgIpc) is 3.23. The molecule has 0 aliphatic carbocycles. The van der Waals surface area contributed by atoms with E-state index < -0.39 is 0 Å². The van der Waals surface area contributed by atoms with Gasteiger partial charge in [0.05, 0.1) is 14.2 Å². The highest BCUT2D eigenvalue weighted by Crippen LogP contribution is 2.38. The molecule has 2 saturated heterocycles. The molecule has 2 aliphatic rings. The predicted octanol–water partition coefficient (Wildman–Crippen LogP) is 6.85. The van der Waals surface area contributed by atoms with Crippen molar-refractivity contribution < 1.29 is 9.47 Å². The second kappa shape index (κ2) is 10.7. The van der Waals surface area contributed by atoms with E-state index in [9.17, 15) is 0 Å². The standard InChI is InChI=1S/C32H45N3O2/c1-22-27-19-24(7-9-28(27)33-31(22)25-8-10-29(36-5)30(20-25)37-6)23-11-17-35(18-12-23)26-13-15-34(16-14-26)21-32(2,3)4/h7-10,19-20,23,26,33H,11-18,21H2,1-6H3. The molecule has 1 aromatic heterocycles. The van der Waals surface area contributed by atoms with Crippen molar-refractivity contribution >= 4 is 10.9 Å². The van der Waals surface area contributed by atoms with E-state index in [0.29, 0.717) is 11.3 Å². The summed E-state index contributed by atoms with van der Waals surface area (Å²) in [7, 11) is 3.36. The minimum atomic E-state index is 0.395. The quantitative estimate of drug-likeness (QED) is 0.399. The predicted molar refractivity (Wildman–Crippen MR) is 154 cm³/mol. The van der Waals surface area contributed by atoms with Gasteiger partial charge in [-0.25, -0.2) is 0 Å². The molecule has 37 heavy (non-hydrogen) atoms. The first-order valence-electron chi connectivity index (χ1n) is 14.1. The number of methoxy groups -OCH3 is 2.